The molecule has 0 radical (unpaired) electrons. The lowest BCUT2D eigenvalue weighted by molar-refractivity contribution is 0.247. The van der Waals surface area contributed by atoms with Gasteiger partial charge in [-0.1, -0.05) is 6.92 Å². The molecular weight excluding hydrogens is 200 g/mol. The summed E-state index contributed by atoms with van der Waals surface area (Å²) in [7, 11) is -3.19. The number of nitrogens with zero attached hydrogens (tertiary/aromatic N) is 2. The molecule has 0 saturated carbocycles. The Morgan fingerprint density at radius 2 is 2.14 bits per heavy atom. The zero-order valence-corrected chi connectivity index (χ0v) is 9.47. The predicted octanol–water partition coefficient (Wildman–Crippen LogP) is 1.10. The van der Waals surface area contributed by atoms with Crippen LogP contribution in [-0.4, -0.2) is 30.6 Å². The first-order chi connectivity index (χ1) is 6.46. The third-order valence-corrected chi connectivity index (χ3v) is 4.89. The van der Waals surface area contributed by atoms with Crippen molar-refractivity contribution in [3.05, 3.63) is 0 Å². The molecule has 1 atom stereocenters. The summed E-state index contributed by atoms with van der Waals surface area (Å²) in [6, 6.07) is 2.10. The molecule has 0 N–H and O–H groups in total. The Morgan fingerprint density at radius 1 is 1.50 bits per heavy atom. The summed E-state index contributed by atoms with van der Waals surface area (Å²) in [6.45, 7) is 4.02. The number of nitriles is 1. The Bertz CT molecular complexity index is 344. The molecule has 80 valence electrons. The van der Waals surface area contributed by atoms with Gasteiger partial charge in [0.05, 0.1) is 11.8 Å². The quantitative estimate of drug-likeness (QED) is 0.694. The molecule has 0 aromatic carbocycles. The lowest BCUT2D eigenvalue weighted by Crippen LogP contribution is -2.51. The molecule has 0 aromatic heterocycles. The molecule has 0 aromatic rings. The molecule has 4 nitrogen and oxygen atoms in total. The highest BCUT2D eigenvalue weighted by Gasteiger charge is 2.39. The molecular formula is C9H16N2O2S. The van der Waals surface area contributed by atoms with Crippen LogP contribution in [0.1, 0.15) is 33.1 Å². The van der Waals surface area contributed by atoms with E-state index in [1.807, 2.05) is 6.92 Å². The minimum Gasteiger partial charge on any atom is -0.212 e. The van der Waals surface area contributed by atoms with Crippen molar-refractivity contribution in [2.24, 2.45) is 0 Å². The molecule has 1 aliphatic rings. The van der Waals surface area contributed by atoms with Crippen LogP contribution in [0.5, 0.6) is 0 Å². The van der Waals surface area contributed by atoms with E-state index in [9.17, 15) is 8.42 Å². The molecule has 5 heteroatoms. The zero-order chi connectivity index (χ0) is 10.8. The second-order valence-corrected chi connectivity index (χ2v) is 5.85. The van der Waals surface area contributed by atoms with Gasteiger partial charge in [0.1, 0.15) is 5.54 Å². The number of hydrogen-bond acceptors (Lipinski definition) is 3. The molecule has 1 rings (SSSR count). The van der Waals surface area contributed by atoms with Gasteiger partial charge in [0.25, 0.3) is 0 Å². The first-order valence-corrected chi connectivity index (χ1v) is 6.49. The Kier molecular flexibility index (Phi) is 3.17. The smallest absolute Gasteiger partial charge is 0.212 e. The van der Waals surface area contributed by atoms with Crippen LogP contribution >= 0.6 is 0 Å². The fourth-order valence-corrected chi connectivity index (χ4v) is 3.63. The monoisotopic (exact) mass is 216 g/mol. The molecule has 0 amide bonds. The van der Waals surface area contributed by atoms with E-state index in [2.05, 4.69) is 6.07 Å². The second-order valence-electron chi connectivity index (χ2n) is 3.83. The maximum absolute atomic E-state index is 11.7. The van der Waals surface area contributed by atoms with Gasteiger partial charge in [-0.2, -0.15) is 9.57 Å². The molecule has 1 fully saturated rings. The van der Waals surface area contributed by atoms with Crippen LogP contribution < -0.4 is 0 Å². The van der Waals surface area contributed by atoms with Crippen LogP contribution in [0.2, 0.25) is 0 Å². The Balaban J connectivity index is 3.02. The van der Waals surface area contributed by atoms with Gasteiger partial charge >= 0.3 is 0 Å². The highest BCUT2D eigenvalue weighted by atomic mass is 32.2. The van der Waals surface area contributed by atoms with E-state index in [0.717, 1.165) is 6.42 Å². The van der Waals surface area contributed by atoms with Crippen molar-refractivity contribution in [2.45, 2.75) is 38.6 Å². The lowest BCUT2D eigenvalue weighted by Gasteiger charge is -2.36. The summed E-state index contributed by atoms with van der Waals surface area (Å²) >= 11 is 0. The molecule has 14 heavy (non-hydrogen) atoms. The van der Waals surface area contributed by atoms with Crippen molar-refractivity contribution in [3.8, 4) is 6.07 Å². The molecule has 1 saturated heterocycles. The molecule has 0 spiro atoms. The minimum atomic E-state index is -3.19. The van der Waals surface area contributed by atoms with Gasteiger partial charge in [-0.05, 0) is 26.2 Å². The normalized spacial score (nSPS) is 26.4. The first-order valence-electron chi connectivity index (χ1n) is 4.88. The van der Waals surface area contributed by atoms with Crippen molar-refractivity contribution in [3.63, 3.8) is 0 Å². The van der Waals surface area contributed by atoms with E-state index >= 15 is 0 Å². The number of sulfonamides is 1. The fourth-order valence-electron chi connectivity index (χ4n) is 1.65. The van der Waals surface area contributed by atoms with E-state index in [-0.39, 0.29) is 5.75 Å². The van der Waals surface area contributed by atoms with E-state index in [1.54, 1.807) is 6.92 Å². The summed E-state index contributed by atoms with van der Waals surface area (Å²) in [5.41, 5.74) is -0.862. The summed E-state index contributed by atoms with van der Waals surface area (Å²) in [5, 5.41) is 9.01. The van der Waals surface area contributed by atoms with E-state index < -0.39 is 15.6 Å². The third-order valence-electron chi connectivity index (χ3n) is 2.83. The van der Waals surface area contributed by atoms with Gasteiger partial charge in [0.2, 0.25) is 10.0 Å². The summed E-state index contributed by atoms with van der Waals surface area (Å²) in [5.74, 6) is 0.185. The van der Waals surface area contributed by atoms with Gasteiger partial charge in [-0.15, -0.1) is 0 Å². The highest BCUT2D eigenvalue weighted by Crippen LogP contribution is 2.26. The maximum atomic E-state index is 11.7. The average Bonchev–Trinajstić information content (AvgIpc) is 2.16. The van der Waals surface area contributed by atoms with Crippen molar-refractivity contribution < 1.29 is 8.42 Å². The second kappa shape index (κ2) is 3.87. The lowest BCUT2D eigenvalue weighted by atomic mass is 10.0. The summed E-state index contributed by atoms with van der Waals surface area (Å²) in [6.07, 6.45) is 2.10. The van der Waals surface area contributed by atoms with E-state index in [4.69, 9.17) is 5.26 Å². The van der Waals surface area contributed by atoms with Crippen LogP contribution in [0.25, 0.3) is 0 Å². The van der Waals surface area contributed by atoms with Gasteiger partial charge in [-0.25, -0.2) is 8.42 Å². The largest absolute Gasteiger partial charge is 0.215 e. The van der Waals surface area contributed by atoms with Crippen LogP contribution in [-0.2, 0) is 10.0 Å². The van der Waals surface area contributed by atoms with Crippen LogP contribution in [0, 0.1) is 11.3 Å². The SMILES string of the molecule is CCC(C)(C#N)N1CCCCS1(=O)=O. The number of rotatable bonds is 2. The molecule has 1 aliphatic heterocycles. The van der Waals surface area contributed by atoms with Crippen molar-refractivity contribution in [2.75, 3.05) is 12.3 Å². The van der Waals surface area contributed by atoms with E-state index in [0.29, 0.717) is 19.4 Å². The zero-order valence-electron chi connectivity index (χ0n) is 8.65. The fraction of sp³-hybridized carbons (Fsp3) is 0.889. The Labute approximate surface area is 85.6 Å². The summed E-state index contributed by atoms with van der Waals surface area (Å²) < 4.78 is 24.8. The van der Waals surface area contributed by atoms with Gasteiger partial charge in [0.15, 0.2) is 0 Å². The highest BCUT2D eigenvalue weighted by molar-refractivity contribution is 7.89. The summed E-state index contributed by atoms with van der Waals surface area (Å²) in [4.78, 5) is 0. The van der Waals surface area contributed by atoms with Crippen molar-refractivity contribution >= 4 is 10.0 Å². The van der Waals surface area contributed by atoms with Gasteiger partial charge < -0.3 is 0 Å². The van der Waals surface area contributed by atoms with Crippen LogP contribution in [0.4, 0.5) is 0 Å². The number of hydrogen-bond donors (Lipinski definition) is 0. The first kappa shape index (κ1) is 11.5. The van der Waals surface area contributed by atoms with Crippen molar-refractivity contribution in [1.29, 1.82) is 5.26 Å². The third kappa shape index (κ3) is 1.91. The van der Waals surface area contributed by atoms with Gasteiger partial charge in [0, 0.05) is 6.54 Å². The molecule has 0 aliphatic carbocycles. The molecule has 0 bridgehead atoms. The molecule has 1 heterocycles. The van der Waals surface area contributed by atoms with Crippen molar-refractivity contribution in [1.82, 2.24) is 4.31 Å². The standard InChI is InChI=1S/C9H16N2O2S/c1-3-9(2,8-10)11-6-4-5-7-14(11,12)13/h3-7H2,1-2H3. The topological polar surface area (TPSA) is 61.2 Å². The van der Waals surface area contributed by atoms with E-state index in [1.165, 1.54) is 4.31 Å². The van der Waals surface area contributed by atoms with Crippen LogP contribution in [0.3, 0.4) is 0 Å². The Morgan fingerprint density at radius 3 is 2.57 bits per heavy atom. The minimum absolute atomic E-state index is 0.185. The molecule has 1 unspecified atom stereocenters. The van der Waals surface area contributed by atoms with Gasteiger partial charge in [-0.3, -0.25) is 0 Å². The maximum Gasteiger partial charge on any atom is 0.215 e. The van der Waals surface area contributed by atoms with Crippen LogP contribution in [0.15, 0.2) is 0 Å². The Hall–Kier alpha value is -0.600. The average molecular weight is 216 g/mol. The predicted molar refractivity (Wildman–Crippen MR) is 54.0 cm³/mol.